The predicted molar refractivity (Wildman–Crippen MR) is 90.6 cm³/mol. The number of carboxylic acids is 1. The lowest BCUT2D eigenvalue weighted by atomic mass is 9.95. The van der Waals surface area contributed by atoms with Crippen LogP contribution < -0.4 is 5.32 Å². The van der Waals surface area contributed by atoms with Gasteiger partial charge in [0.05, 0.1) is 5.92 Å². The van der Waals surface area contributed by atoms with Crippen molar-refractivity contribution in [2.45, 2.75) is 32.6 Å². The summed E-state index contributed by atoms with van der Waals surface area (Å²) in [4.78, 5) is 23.1. The Bertz CT molecular complexity index is 709. The first-order valence-electron chi connectivity index (χ1n) is 7.64. The molecule has 0 aromatic heterocycles. The van der Waals surface area contributed by atoms with Crippen LogP contribution in [0.2, 0.25) is 0 Å². The Balaban J connectivity index is 2.06. The maximum Gasteiger partial charge on any atom is 0.303 e. The second-order valence-corrected chi connectivity index (χ2v) is 5.66. The summed E-state index contributed by atoms with van der Waals surface area (Å²) in [6.45, 7) is 3.87. The minimum absolute atomic E-state index is 0.0744. The molecule has 4 nitrogen and oxygen atoms in total. The molecule has 0 aliphatic carbocycles. The van der Waals surface area contributed by atoms with Gasteiger partial charge < -0.3 is 10.4 Å². The van der Waals surface area contributed by atoms with E-state index >= 15 is 0 Å². The molecule has 0 fully saturated rings. The molecule has 0 bridgehead atoms. The van der Waals surface area contributed by atoms with Gasteiger partial charge in [0.15, 0.2) is 0 Å². The number of aliphatic carboxylic acids is 1. The molecular weight excluding hydrogens is 290 g/mol. The summed E-state index contributed by atoms with van der Waals surface area (Å²) >= 11 is 0. The second-order valence-electron chi connectivity index (χ2n) is 5.66. The molecular formula is C19H21NO3. The molecule has 0 spiro atoms. The molecule has 0 heterocycles. The number of carbonyl (C=O) groups is 2. The van der Waals surface area contributed by atoms with Crippen molar-refractivity contribution >= 4 is 17.6 Å². The molecule has 1 atom stereocenters. The lowest BCUT2D eigenvalue weighted by molar-refractivity contribution is -0.137. The van der Waals surface area contributed by atoms with Gasteiger partial charge in [-0.15, -0.1) is 0 Å². The highest BCUT2D eigenvalue weighted by atomic mass is 16.4. The molecule has 0 saturated heterocycles. The summed E-state index contributed by atoms with van der Waals surface area (Å²) in [5.74, 6) is -1.15. The molecule has 120 valence electrons. The number of rotatable bonds is 6. The molecule has 4 heteroatoms. The number of anilines is 1. The first-order chi connectivity index (χ1) is 11.0. The van der Waals surface area contributed by atoms with Crippen molar-refractivity contribution in [1.29, 1.82) is 0 Å². The molecule has 0 aliphatic heterocycles. The van der Waals surface area contributed by atoms with E-state index in [0.717, 1.165) is 16.7 Å². The van der Waals surface area contributed by atoms with Gasteiger partial charge in [0, 0.05) is 12.1 Å². The lowest BCUT2D eigenvalue weighted by Gasteiger charge is -2.15. The number of carbonyl (C=O) groups excluding carboxylic acids is 1. The van der Waals surface area contributed by atoms with E-state index in [0.29, 0.717) is 12.1 Å². The summed E-state index contributed by atoms with van der Waals surface area (Å²) in [5, 5.41) is 11.7. The Labute approximate surface area is 136 Å². The van der Waals surface area contributed by atoms with Gasteiger partial charge in [0.25, 0.3) is 0 Å². The maximum atomic E-state index is 12.4. The van der Waals surface area contributed by atoms with Crippen molar-refractivity contribution in [3.05, 3.63) is 65.2 Å². The van der Waals surface area contributed by atoms with E-state index in [4.69, 9.17) is 5.11 Å². The number of aryl methyl sites for hydroxylation is 2. The summed E-state index contributed by atoms with van der Waals surface area (Å²) in [6, 6.07) is 15.2. The van der Waals surface area contributed by atoms with Crippen LogP contribution in [0.15, 0.2) is 48.5 Å². The SMILES string of the molecule is Cc1ccccc1C(C)C(=O)Nc1cccc(CCC(=O)O)c1. The van der Waals surface area contributed by atoms with Gasteiger partial charge >= 0.3 is 5.97 Å². The third-order valence-corrected chi connectivity index (χ3v) is 3.87. The van der Waals surface area contributed by atoms with Crippen LogP contribution in [-0.4, -0.2) is 17.0 Å². The van der Waals surface area contributed by atoms with Crippen molar-refractivity contribution < 1.29 is 14.7 Å². The number of amides is 1. The van der Waals surface area contributed by atoms with Crippen LogP contribution in [0, 0.1) is 6.92 Å². The summed E-state index contributed by atoms with van der Waals surface area (Å²) in [5.41, 5.74) is 3.68. The fourth-order valence-corrected chi connectivity index (χ4v) is 2.52. The fraction of sp³-hybridized carbons (Fsp3) is 0.263. The van der Waals surface area contributed by atoms with Crippen LogP contribution >= 0.6 is 0 Å². The van der Waals surface area contributed by atoms with E-state index in [-0.39, 0.29) is 18.2 Å². The summed E-state index contributed by atoms with van der Waals surface area (Å²) in [6.07, 6.45) is 0.531. The molecule has 0 aliphatic rings. The number of benzene rings is 2. The molecule has 1 amide bonds. The van der Waals surface area contributed by atoms with Gasteiger partial charge in [0.2, 0.25) is 5.91 Å². The predicted octanol–water partition coefficient (Wildman–Crippen LogP) is 3.75. The Hall–Kier alpha value is -2.62. The highest BCUT2D eigenvalue weighted by Crippen LogP contribution is 2.21. The average molecular weight is 311 g/mol. The Morgan fingerprint density at radius 2 is 1.87 bits per heavy atom. The van der Waals surface area contributed by atoms with Gasteiger partial charge in [-0.25, -0.2) is 0 Å². The van der Waals surface area contributed by atoms with E-state index in [1.54, 1.807) is 0 Å². The minimum Gasteiger partial charge on any atom is -0.481 e. The molecule has 23 heavy (non-hydrogen) atoms. The van der Waals surface area contributed by atoms with Crippen LogP contribution in [0.25, 0.3) is 0 Å². The van der Waals surface area contributed by atoms with Gasteiger partial charge in [-0.2, -0.15) is 0 Å². The zero-order chi connectivity index (χ0) is 16.8. The van der Waals surface area contributed by atoms with Crippen molar-refractivity contribution in [3.63, 3.8) is 0 Å². The maximum absolute atomic E-state index is 12.4. The number of hydrogen-bond donors (Lipinski definition) is 2. The first kappa shape index (κ1) is 16.7. The Kier molecular flexibility index (Phi) is 5.52. The second kappa shape index (κ2) is 7.58. The highest BCUT2D eigenvalue weighted by Gasteiger charge is 2.17. The number of nitrogens with one attached hydrogen (secondary N) is 1. The van der Waals surface area contributed by atoms with Crippen molar-refractivity contribution in [2.24, 2.45) is 0 Å². The van der Waals surface area contributed by atoms with E-state index < -0.39 is 5.97 Å². The third-order valence-electron chi connectivity index (χ3n) is 3.87. The third kappa shape index (κ3) is 4.68. The van der Waals surface area contributed by atoms with E-state index in [9.17, 15) is 9.59 Å². The van der Waals surface area contributed by atoms with E-state index in [2.05, 4.69) is 5.32 Å². The summed E-state index contributed by atoms with van der Waals surface area (Å²) in [7, 11) is 0. The smallest absolute Gasteiger partial charge is 0.303 e. The molecule has 2 aromatic carbocycles. The van der Waals surface area contributed by atoms with Gasteiger partial charge in [-0.3, -0.25) is 9.59 Å². The zero-order valence-corrected chi connectivity index (χ0v) is 13.4. The largest absolute Gasteiger partial charge is 0.481 e. The fourth-order valence-electron chi connectivity index (χ4n) is 2.52. The van der Waals surface area contributed by atoms with Crippen LogP contribution in [-0.2, 0) is 16.0 Å². The molecule has 0 radical (unpaired) electrons. The molecule has 2 aromatic rings. The van der Waals surface area contributed by atoms with E-state index in [1.165, 1.54) is 0 Å². The zero-order valence-electron chi connectivity index (χ0n) is 13.4. The van der Waals surface area contributed by atoms with Crippen LogP contribution in [0.5, 0.6) is 0 Å². The minimum atomic E-state index is -0.826. The molecule has 2 N–H and O–H groups in total. The average Bonchev–Trinajstić information content (AvgIpc) is 2.53. The van der Waals surface area contributed by atoms with Crippen molar-refractivity contribution in [3.8, 4) is 0 Å². The van der Waals surface area contributed by atoms with Crippen LogP contribution in [0.4, 0.5) is 5.69 Å². The summed E-state index contributed by atoms with van der Waals surface area (Å²) < 4.78 is 0. The Morgan fingerprint density at radius 1 is 1.13 bits per heavy atom. The first-order valence-corrected chi connectivity index (χ1v) is 7.64. The van der Waals surface area contributed by atoms with Gasteiger partial charge in [-0.1, -0.05) is 36.4 Å². The quantitative estimate of drug-likeness (QED) is 0.853. The Morgan fingerprint density at radius 3 is 2.57 bits per heavy atom. The monoisotopic (exact) mass is 311 g/mol. The van der Waals surface area contributed by atoms with Crippen LogP contribution in [0.3, 0.4) is 0 Å². The van der Waals surface area contributed by atoms with Crippen LogP contribution in [0.1, 0.15) is 36.0 Å². The standard InChI is InChI=1S/C19H21NO3/c1-13-6-3-4-9-17(13)14(2)19(23)20-16-8-5-7-15(12-16)10-11-18(21)22/h3-9,12,14H,10-11H2,1-2H3,(H,20,23)(H,21,22). The van der Waals surface area contributed by atoms with E-state index in [1.807, 2.05) is 62.4 Å². The number of carboxylic acid groups (broad SMARTS) is 1. The number of hydrogen-bond acceptors (Lipinski definition) is 2. The molecule has 1 unspecified atom stereocenters. The lowest BCUT2D eigenvalue weighted by Crippen LogP contribution is -2.19. The van der Waals surface area contributed by atoms with Crippen molar-refractivity contribution in [1.82, 2.24) is 0 Å². The topological polar surface area (TPSA) is 66.4 Å². The highest BCUT2D eigenvalue weighted by molar-refractivity contribution is 5.95. The van der Waals surface area contributed by atoms with Gasteiger partial charge in [0.1, 0.15) is 0 Å². The van der Waals surface area contributed by atoms with Gasteiger partial charge in [-0.05, 0) is 49.1 Å². The molecule has 2 rings (SSSR count). The van der Waals surface area contributed by atoms with Crippen molar-refractivity contribution in [2.75, 3.05) is 5.32 Å². The molecule has 0 saturated carbocycles. The normalized spacial score (nSPS) is 11.7.